The molecule has 0 amide bonds. The van der Waals surface area contributed by atoms with Gasteiger partial charge in [0.15, 0.2) is 11.6 Å². The van der Waals surface area contributed by atoms with E-state index in [9.17, 15) is 13.2 Å². The lowest BCUT2D eigenvalue weighted by molar-refractivity contribution is 0.504. The second-order valence-electron chi connectivity index (χ2n) is 4.58. The van der Waals surface area contributed by atoms with Crippen LogP contribution in [0.2, 0.25) is 0 Å². The van der Waals surface area contributed by atoms with Crippen molar-refractivity contribution in [2.75, 3.05) is 5.75 Å². The number of nitrogens with one attached hydrogen (secondary N) is 1. The normalized spacial score (nSPS) is 12.4. The van der Waals surface area contributed by atoms with Crippen molar-refractivity contribution in [1.29, 1.82) is 0 Å². The van der Waals surface area contributed by atoms with E-state index in [1.807, 2.05) is 0 Å². The SMILES string of the molecule is NNC(CSc1cccc(F)c1)Cc1ccc(F)c(F)c1. The summed E-state index contributed by atoms with van der Waals surface area (Å²) < 4.78 is 39.1. The molecule has 0 fully saturated rings. The minimum atomic E-state index is -0.874. The average Bonchev–Trinajstić information content (AvgIpc) is 2.47. The van der Waals surface area contributed by atoms with Crippen molar-refractivity contribution in [2.45, 2.75) is 17.4 Å². The van der Waals surface area contributed by atoms with Crippen molar-refractivity contribution in [1.82, 2.24) is 5.43 Å². The van der Waals surface area contributed by atoms with Crippen LogP contribution in [0.1, 0.15) is 5.56 Å². The second-order valence-corrected chi connectivity index (χ2v) is 5.68. The zero-order valence-corrected chi connectivity index (χ0v) is 12.0. The number of rotatable bonds is 6. The topological polar surface area (TPSA) is 38.0 Å². The van der Waals surface area contributed by atoms with Crippen LogP contribution in [0, 0.1) is 17.5 Å². The highest BCUT2D eigenvalue weighted by molar-refractivity contribution is 7.99. The highest BCUT2D eigenvalue weighted by Gasteiger charge is 2.11. The molecular formula is C15H15F3N2S. The van der Waals surface area contributed by atoms with Gasteiger partial charge in [-0.15, -0.1) is 11.8 Å². The van der Waals surface area contributed by atoms with Gasteiger partial charge in [-0.2, -0.15) is 0 Å². The first-order valence-corrected chi connectivity index (χ1v) is 7.35. The first-order valence-electron chi connectivity index (χ1n) is 6.37. The van der Waals surface area contributed by atoms with Crippen LogP contribution in [0.15, 0.2) is 47.4 Å². The van der Waals surface area contributed by atoms with Crippen LogP contribution < -0.4 is 11.3 Å². The van der Waals surface area contributed by atoms with Gasteiger partial charge in [-0.1, -0.05) is 12.1 Å². The molecule has 1 atom stereocenters. The molecule has 6 heteroatoms. The standard InChI is InChI=1S/C15H15F3N2S/c16-11-2-1-3-13(8-11)21-9-12(20-19)6-10-4-5-14(17)15(18)7-10/h1-5,7-8,12,20H,6,9,19H2. The molecule has 3 N–H and O–H groups in total. The molecule has 0 aliphatic rings. The summed E-state index contributed by atoms with van der Waals surface area (Å²) in [4.78, 5) is 0.792. The van der Waals surface area contributed by atoms with Gasteiger partial charge in [0.1, 0.15) is 5.82 Å². The summed E-state index contributed by atoms with van der Waals surface area (Å²) in [6, 6.07) is 9.90. The molecule has 0 bridgehead atoms. The lowest BCUT2D eigenvalue weighted by atomic mass is 10.1. The summed E-state index contributed by atoms with van der Waals surface area (Å²) in [5.74, 6) is 4.02. The Morgan fingerprint density at radius 1 is 1.05 bits per heavy atom. The van der Waals surface area contributed by atoms with Crippen LogP contribution in [-0.4, -0.2) is 11.8 Å². The molecule has 0 aromatic heterocycles. The number of hydrogen-bond donors (Lipinski definition) is 2. The maximum absolute atomic E-state index is 13.2. The van der Waals surface area contributed by atoms with Gasteiger partial charge in [-0.25, -0.2) is 13.2 Å². The lowest BCUT2D eigenvalue weighted by Crippen LogP contribution is -2.38. The van der Waals surface area contributed by atoms with E-state index in [2.05, 4.69) is 5.43 Å². The van der Waals surface area contributed by atoms with E-state index in [4.69, 9.17) is 5.84 Å². The molecule has 2 aromatic rings. The van der Waals surface area contributed by atoms with Gasteiger partial charge < -0.3 is 0 Å². The molecule has 1 unspecified atom stereocenters. The number of benzene rings is 2. The molecule has 112 valence electrons. The Balaban J connectivity index is 1.95. The third-order valence-corrected chi connectivity index (χ3v) is 4.11. The van der Waals surface area contributed by atoms with E-state index in [1.54, 1.807) is 12.1 Å². The van der Waals surface area contributed by atoms with Crippen molar-refractivity contribution in [3.8, 4) is 0 Å². The molecule has 0 saturated heterocycles. The van der Waals surface area contributed by atoms with Gasteiger partial charge in [0.2, 0.25) is 0 Å². The largest absolute Gasteiger partial charge is 0.271 e. The predicted octanol–water partition coefficient (Wildman–Crippen LogP) is 3.27. The Kier molecular flexibility index (Phi) is 5.67. The number of nitrogens with two attached hydrogens (primary N) is 1. The van der Waals surface area contributed by atoms with Gasteiger partial charge in [0.05, 0.1) is 0 Å². The highest BCUT2D eigenvalue weighted by atomic mass is 32.2. The van der Waals surface area contributed by atoms with Crippen molar-refractivity contribution in [3.63, 3.8) is 0 Å². The Labute approximate surface area is 125 Å². The molecule has 0 saturated carbocycles. The van der Waals surface area contributed by atoms with E-state index < -0.39 is 11.6 Å². The molecule has 2 nitrogen and oxygen atoms in total. The summed E-state index contributed by atoms with van der Waals surface area (Å²) in [7, 11) is 0. The van der Waals surface area contributed by atoms with E-state index in [0.717, 1.165) is 17.0 Å². The number of thioether (sulfide) groups is 1. The molecule has 0 radical (unpaired) electrons. The van der Waals surface area contributed by atoms with Crippen molar-refractivity contribution in [3.05, 3.63) is 65.5 Å². The third-order valence-electron chi connectivity index (χ3n) is 2.95. The first kappa shape index (κ1) is 15.9. The molecule has 21 heavy (non-hydrogen) atoms. The predicted molar refractivity (Wildman–Crippen MR) is 78.3 cm³/mol. The second kappa shape index (κ2) is 7.49. The van der Waals surface area contributed by atoms with E-state index in [0.29, 0.717) is 17.7 Å². The van der Waals surface area contributed by atoms with Gasteiger partial charge in [-0.05, 0) is 42.3 Å². The molecular weight excluding hydrogens is 297 g/mol. The monoisotopic (exact) mass is 312 g/mol. The smallest absolute Gasteiger partial charge is 0.159 e. The van der Waals surface area contributed by atoms with Gasteiger partial charge in [0.25, 0.3) is 0 Å². The quantitative estimate of drug-likeness (QED) is 0.488. The summed E-state index contributed by atoms with van der Waals surface area (Å²) in [5.41, 5.74) is 3.29. The Hall–Kier alpha value is -1.50. The van der Waals surface area contributed by atoms with Gasteiger partial charge in [0, 0.05) is 16.7 Å². The van der Waals surface area contributed by atoms with Crippen LogP contribution >= 0.6 is 11.8 Å². The number of hydrazine groups is 1. The van der Waals surface area contributed by atoms with Crippen molar-refractivity contribution < 1.29 is 13.2 Å². The summed E-state index contributed by atoms with van der Waals surface area (Å²) in [6.45, 7) is 0. The average molecular weight is 312 g/mol. The Morgan fingerprint density at radius 3 is 2.52 bits per heavy atom. The molecule has 2 aromatic carbocycles. The number of hydrogen-bond acceptors (Lipinski definition) is 3. The minimum absolute atomic E-state index is 0.136. The lowest BCUT2D eigenvalue weighted by Gasteiger charge is -2.15. The minimum Gasteiger partial charge on any atom is -0.271 e. The fourth-order valence-electron chi connectivity index (χ4n) is 1.87. The third kappa shape index (κ3) is 4.77. The van der Waals surface area contributed by atoms with Crippen LogP contribution in [-0.2, 0) is 6.42 Å². The highest BCUT2D eigenvalue weighted by Crippen LogP contribution is 2.20. The molecule has 0 heterocycles. The van der Waals surface area contributed by atoms with Crippen molar-refractivity contribution in [2.24, 2.45) is 5.84 Å². The number of halogens is 3. The Bertz CT molecular complexity index is 607. The van der Waals surface area contributed by atoms with E-state index in [1.165, 1.54) is 30.0 Å². The summed E-state index contributed by atoms with van der Waals surface area (Å²) in [5, 5.41) is 0. The molecule has 0 aliphatic heterocycles. The van der Waals surface area contributed by atoms with Crippen molar-refractivity contribution >= 4 is 11.8 Å². The first-order chi connectivity index (χ1) is 10.1. The molecule has 0 aliphatic carbocycles. The Morgan fingerprint density at radius 2 is 1.86 bits per heavy atom. The van der Waals surface area contributed by atoms with Gasteiger partial charge >= 0.3 is 0 Å². The van der Waals surface area contributed by atoms with E-state index in [-0.39, 0.29) is 11.9 Å². The van der Waals surface area contributed by atoms with Crippen LogP contribution in [0.5, 0.6) is 0 Å². The maximum atomic E-state index is 13.2. The maximum Gasteiger partial charge on any atom is 0.159 e. The fraction of sp³-hybridized carbons (Fsp3) is 0.200. The molecule has 0 spiro atoms. The zero-order valence-electron chi connectivity index (χ0n) is 11.2. The zero-order chi connectivity index (χ0) is 15.2. The van der Waals surface area contributed by atoms with Crippen LogP contribution in [0.4, 0.5) is 13.2 Å². The van der Waals surface area contributed by atoms with E-state index >= 15 is 0 Å². The van der Waals surface area contributed by atoms with Crippen LogP contribution in [0.3, 0.4) is 0 Å². The fourth-order valence-corrected chi connectivity index (χ4v) is 2.85. The molecule has 2 rings (SSSR count). The summed E-state index contributed by atoms with van der Waals surface area (Å²) in [6.07, 6.45) is 0.454. The summed E-state index contributed by atoms with van der Waals surface area (Å²) >= 11 is 1.44. The van der Waals surface area contributed by atoms with Gasteiger partial charge in [-0.3, -0.25) is 11.3 Å². The van der Waals surface area contributed by atoms with Crippen LogP contribution in [0.25, 0.3) is 0 Å².